The van der Waals surface area contributed by atoms with Gasteiger partial charge in [-0.15, -0.1) is 0 Å². The van der Waals surface area contributed by atoms with E-state index in [9.17, 15) is 13.2 Å². The summed E-state index contributed by atoms with van der Waals surface area (Å²) in [6.07, 6.45) is -2.72. The number of hydrogen-bond donors (Lipinski definition) is 0. The smallest absolute Gasteiger partial charge is 0.166 e. The second-order valence-corrected chi connectivity index (χ2v) is 5.38. The molecule has 3 aromatic carbocycles. The summed E-state index contributed by atoms with van der Waals surface area (Å²) < 4.78 is 37.6. The van der Waals surface area contributed by atoms with E-state index in [-0.39, 0.29) is 0 Å². The van der Waals surface area contributed by atoms with E-state index in [1.807, 2.05) is 12.1 Å². The Labute approximate surface area is 127 Å². The van der Waals surface area contributed by atoms with Gasteiger partial charge in [0.25, 0.3) is 0 Å². The van der Waals surface area contributed by atoms with Crippen LogP contribution < -0.4 is 0 Å². The summed E-state index contributed by atoms with van der Waals surface area (Å²) in [5.74, 6) is 0. The maximum absolute atomic E-state index is 12.5. The van der Waals surface area contributed by atoms with E-state index in [0.29, 0.717) is 0 Å². The molecule has 0 amide bonds. The summed E-state index contributed by atoms with van der Waals surface area (Å²) in [5.41, 5.74) is 1.52. The van der Waals surface area contributed by atoms with E-state index in [1.54, 1.807) is 12.1 Å². The van der Waals surface area contributed by atoms with E-state index in [4.69, 9.17) is 0 Å². The minimum absolute atomic E-state index is 0.595. The fourth-order valence-corrected chi connectivity index (χ4v) is 2.54. The summed E-state index contributed by atoms with van der Waals surface area (Å²) in [6.45, 7) is 0. The van der Waals surface area contributed by atoms with Crippen molar-refractivity contribution < 1.29 is 13.2 Å². The zero-order chi connectivity index (χ0) is 15.6. The van der Waals surface area contributed by atoms with Crippen molar-refractivity contribution >= 4 is 10.8 Å². The van der Waals surface area contributed by atoms with Crippen LogP contribution in [0.5, 0.6) is 0 Å². The third-order valence-electron chi connectivity index (χ3n) is 3.80. The van der Waals surface area contributed by atoms with Crippen LogP contribution in [0.4, 0.5) is 13.2 Å². The van der Waals surface area contributed by atoms with Crippen LogP contribution in [-0.4, -0.2) is 0 Å². The van der Waals surface area contributed by atoms with Gasteiger partial charge < -0.3 is 0 Å². The Morgan fingerprint density at radius 2 is 1.23 bits per heavy atom. The lowest BCUT2D eigenvalue weighted by atomic mass is 10.0. The van der Waals surface area contributed by atoms with Gasteiger partial charge in [-0.3, -0.25) is 0 Å². The van der Waals surface area contributed by atoms with Crippen LogP contribution in [0, 0.1) is 0 Å². The zero-order valence-corrected chi connectivity index (χ0v) is 11.9. The highest BCUT2D eigenvalue weighted by molar-refractivity contribution is 5.82. The van der Waals surface area contributed by atoms with Crippen molar-refractivity contribution in [2.45, 2.75) is 19.0 Å². The molecule has 0 saturated carbocycles. The molecule has 0 aliphatic rings. The van der Waals surface area contributed by atoms with Gasteiger partial charge in [-0.2, -0.15) is 13.2 Å². The number of benzene rings is 3. The van der Waals surface area contributed by atoms with Gasteiger partial charge in [-0.25, -0.2) is 0 Å². The van der Waals surface area contributed by atoms with Gasteiger partial charge in [0.15, 0.2) is 0 Å². The third-order valence-corrected chi connectivity index (χ3v) is 3.80. The number of halogens is 3. The molecular weight excluding hydrogens is 285 g/mol. The highest BCUT2D eigenvalue weighted by atomic mass is 19.4. The number of rotatable bonds is 3. The van der Waals surface area contributed by atoms with Crippen molar-refractivity contribution in [3.8, 4) is 0 Å². The Bertz CT molecular complexity index is 771. The monoisotopic (exact) mass is 300 g/mol. The molecule has 0 aliphatic carbocycles. The van der Waals surface area contributed by atoms with Crippen LogP contribution in [-0.2, 0) is 19.0 Å². The molecule has 0 heterocycles. The average molecular weight is 300 g/mol. The highest BCUT2D eigenvalue weighted by Crippen LogP contribution is 2.29. The molecule has 0 nitrogen and oxygen atoms in total. The van der Waals surface area contributed by atoms with Gasteiger partial charge in [0, 0.05) is 0 Å². The summed E-state index contributed by atoms with van der Waals surface area (Å²) >= 11 is 0. The van der Waals surface area contributed by atoms with Crippen LogP contribution in [0.1, 0.15) is 16.7 Å². The zero-order valence-electron chi connectivity index (χ0n) is 11.9. The number of aryl methyl sites for hydroxylation is 2. The van der Waals surface area contributed by atoms with E-state index in [0.717, 1.165) is 30.5 Å². The van der Waals surface area contributed by atoms with Gasteiger partial charge in [-0.1, -0.05) is 54.6 Å². The average Bonchev–Trinajstić information content (AvgIpc) is 2.52. The number of hydrogen-bond acceptors (Lipinski definition) is 0. The molecule has 3 heteroatoms. The summed E-state index contributed by atoms with van der Waals surface area (Å²) in [6, 6.07) is 19.8. The number of alkyl halides is 3. The molecule has 0 fully saturated rings. The first kappa shape index (κ1) is 14.6. The molecule has 22 heavy (non-hydrogen) atoms. The molecule has 0 bridgehead atoms. The molecular formula is C19H15F3. The normalized spacial score (nSPS) is 11.8. The summed E-state index contributed by atoms with van der Waals surface area (Å²) in [4.78, 5) is 0. The molecule has 0 saturated heterocycles. The summed E-state index contributed by atoms with van der Waals surface area (Å²) in [7, 11) is 0. The molecule has 3 rings (SSSR count). The standard InChI is InChI=1S/C19H15F3/c20-19(21,22)18-11-8-14(9-12-18)5-6-15-7-10-16-3-1-2-4-17(16)13-15/h1-4,7-13H,5-6H2. The highest BCUT2D eigenvalue weighted by Gasteiger charge is 2.29. The Morgan fingerprint density at radius 3 is 1.91 bits per heavy atom. The Hall–Kier alpha value is -2.29. The molecule has 0 radical (unpaired) electrons. The second kappa shape index (κ2) is 5.84. The SMILES string of the molecule is FC(F)(F)c1ccc(CCc2ccc3ccccc3c2)cc1. The van der Waals surface area contributed by atoms with Crippen molar-refractivity contribution in [1.82, 2.24) is 0 Å². The predicted octanol–water partition coefficient (Wildman–Crippen LogP) is 5.64. The van der Waals surface area contributed by atoms with E-state index >= 15 is 0 Å². The van der Waals surface area contributed by atoms with E-state index in [1.165, 1.54) is 16.3 Å². The van der Waals surface area contributed by atoms with Crippen LogP contribution in [0.2, 0.25) is 0 Å². The molecule has 0 unspecified atom stereocenters. The molecule has 0 aliphatic heterocycles. The van der Waals surface area contributed by atoms with Crippen molar-refractivity contribution in [3.63, 3.8) is 0 Å². The Balaban J connectivity index is 1.71. The quantitative estimate of drug-likeness (QED) is 0.587. The van der Waals surface area contributed by atoms with Crippen molar-refractivity contribution in [2.24, 2.45) is 0 Å². The largest absolute Gasteiger partial charge is 0.416 e. The summed E-state index contributed by atoms with van der Waals surface area (Å²) in [5, 5.41) is 2.38. The van der Waals surface area contributed by atoms with Crippen LogP contribution >= 0.6 is 0 Å². The van der Waals surface area contributed by atoms with Crippen molar-refractivity contribution in [1.29, 1.82) is 0 Å². The molecule has 112 valence electrons. The Kier molecular flexibility index (Phi) is 3.88. The van der Waals surface area contributed by atoms with E-state index < -0.39 is 11.7 Å². The molecule has 0 aromatic heterocycles. The molecule has 3 aromatic rings. The van der Waals surface area contributed by atoms with Crippen molar-refractivity contribution in [3.05, 3.63) is 83.4 Å². The second-order valence-electron chi connectivity index (χ2n) is 5.38. The first-order chi connectivity index (χ1) is 10.5. The lowest BCUT2D eigenvalue weighted by Crippen LogP contribution is -2.04. The topological polar surface area (TPSA) is 0 Å². The first-order valence-corrected chi connectivity index (χ1v) is 7.16. The maximum Gasteiger partial charge on any atom is 0.416 e. The van der Waals surface area contributed by atoms with E-state index in [2.05, 4.69) is 30.3 Å². The van der Waals surface area contributed by atoms with Gasteiger partial charge in [-0.05, 0) is 46.9 Å². The molecule has 0 spiro atoms. The molecule has 0 atom stereocenters. The van der Waals surface area contributed by atoms with Gasteiger partial charge >= 0.3 is 6.18 Å². The fraction of sp³-hybridized carbons (Fsp3) is 0.158. The molecule has 0 N–H and O–H groups in total. The van der Waals surface area contributed by atoms with Crippen LogP contribution in [0.3, 0.4) is 0 Å². The van der Waals surface area contributed by atoms with Gasteiger partial charge in [0.05, 0.1) is 5.56 Å². The van der Waals surface area contributed by atoms with Crippen LogP contribution in [0.25, 0.3) is 10.8 Å². The first-order valence-electron chi connectivity index (χ1n) is 7.16. The fourth-order valence-electron chi connectivity index (χ4n) is 2.54. The van der Waals surface area contributed by atoms with Gasteiger partial charge in [0.2, 0.25) is 0 Å². The van der Waals surface area contributed by atoms with Crippen molar-refractivity contribution in [2.75, 3.05) is 0 Å². The lowest BCUT2D eigenvalue weighted by Gasteiger charge is -2.08. The lowest BCUT2D eigenvalue weighted by molar-refractivity contribution is -0.137. The maximum atomic E-state index is 12.5. The Morgan fingerprint density at radius 1 is 0.636 bits per heavy atom. The van der Waals surface area contributed by atoms with Crippen LogP contribution in [0.15, 0.2) is 66.7 Å². The minimum Gasteiger partial charge on any atom is -0.166 e. The number of fused-ring (bicyclic) bond motifs is 1. The third kappa shape index (κ3) is 3.30. The predicted molar refractivity (Wildman–Crippen MR) is 82.8 cm³/mol. The minimum atomic E-state index is -4.27. The van der Waals surface area contributed by atoms with Gasteiger partial charge in [0.1, 0.15) is 0 Å².